The average Bonchev–Trinajstić information content (AvgIpc) is 2.57. The number of nitrogens with zero attached hydrogens (tertiary/aromatic N) is 1. The number of fused-ring (bicyclic) bond motifs is 1. The Hall–Kier alpha value is -2.66. The summed E-state index contributed by atoms with van der Waals surface area (Å²) in [6.07, 6.45) is 3.56. The normalized spacial score (nSPS) is 10.8. The lowest BCUT2D eigenvalue weighted by Crippen LogP contribution is -2.20. The largest absolute Gasteiger partial charge is 0.494 e. The zero-order valence-electron chi connectivity index (χ0n) is 13.0. The molecule has 3 rings (SSSR count). The Labute approximate surface area is 134 Å². The molecule has 0 aliphatic rings. The van der Waals surface area contributed by atoms with Gasteiger partial charge in [-0.1, -0.05) is 6.07 Å². The van der Waals surface area contributed by atoms with Gasteiger partial charge in [0.1, 0.15) is 5.75 Å². The van der Waals surface area contributed by atoms with Crippen molar-refractivity contribution in [3.05, 3.63) is 70.3 Å². The maximum atomic E-state index is 12.1. The highest BCUT2D eigenvalue weighted by Crippen LogP contribution is 2.19. The van der Waals surface area contributed by atoms with E-state index in [2.05, 4.69) is 15.3 Å². The Morgan fingerprint density at radius 2 is 2.13 bits per heavy atom. The van der Waals surface area contributed by atoms with E-state index in [-0.39, 0.29) is 5.56 Å². The molecule has 118 valence electrons. The predicted molar refractivity (Wildman–Crippen MR) is 90.5 cm³/mol. The van der Waals surface area contributed by atoms with Crippen molar-refractivity contribution in [1.29, 1.82) is 0 Å². The highest BCUT2D eigenvalue weighted by atomic mass is 16.5. The van der Waals surface area contributed by atoms with Gasteiger partial charge in [0.25, 0.3) is 5.56 Å². The van der Waals surface area contributed by atoms with Crippen molar-refractivity contribution < 1.29 is 4.74 Å². The molecule has 0 amide bonds. The summed E-state index contributed by atoms with van der Waals surface area (Å²) in [5.74, 6) is 0.807. The zero-order chi connectivity index (χ0) is 16.1. The van der Waals surface area contributed by atoms with Crippen LogP contribution < -0.4 is 15.6 Å². The fourth-order valence-corrected chi connectivity index (χ4v) is 2.46. The summed E-state index contributed by atoms with van der Waals surface area (Å²) < 4.78 is 5.51. The van der Waals surface area contributed by atoms with Crippen molar-refractivity contribution in [2.24, 2.45) is 0 Å². The van der Waals surface area contributed by atoms with Crippen LogP contribution >= 0.6 is 0 Å². The molecule has 2 N–H and O–H groups in total. The summed E-state index contributed by atoms with van der Waals surface area (Å²) in [6, 6.07) is 11.5. The number of H-pyrrole nitrogens is 1. The quantitative estimate of drug-likeness (QED) is 0.734. The first-order valence-electron chi connectivity index (χ1n) is 7.64. The number of aromatic amines is 1. The maximum absolute atomic E-state index is 12.1. The van der Waals surface area contributed by atoms with Gasteiger partial charge >= 0.3 is 0 Å². The zero-order valence-corrected chi connectivity index (χ0v) is 13.0. The highest BCUT2D eigenvalue weighted by molar-refractivity contribution is 5.80. The first-order chi connectivity index (χ1) is 11.3. The van der Waals surface area contributed by atoms with Crippen molar-refractivity contribution in [1.82, 2.24) is 15.3 Å². The minimum Gasteiger partial charge on any atom is -0.494 e. The predicted octanol–water partition coefficient (Wildman–Crippen LogP) is 2.61. The smallest absolute Gasteiger partial charge is 0.252 e. The number of hydrogen-bond donors (Lipinski definition) is 2. The summed E-state index contributed by atoms with van der Waals surface area (Å²) >= 11 is 0. The number of ether oxygens (including phenoxy) is 1. The van der Waals surface area contributed by atoms with Crippen molar-refractivity contribution in [3.8, 4) is 5.75 Å². The van der Waals surface area contributed by atoms with Crippen molar-refractivity contribution in [2.45, 2.75) is 20.0 Å². The number of rotatable bonds is 6. The number of aromatic nitrogens is 2. The Morgan fingerprint density at radius 1 is 1.22 bits per heavy atom. The minimum atomic E-state index is -0.0691. The molecule has 0 bridgehead atoms. The molecule has 0 atom stereocenters. The summed E-state index contributed by atoms with van der Waals surface area (Å²) in [4.78, 5) is 19.1. The molecule has 0 fully saturated rings. The minimum absolute atomic E-state index is 0.0691. The molecule has 3 aromatic rings. The molecule has 0 radical (unpaired) electrons. The van der Waals surface area contributed by atoms with Crippen LogP contribution in [-0.4, -0.2) is 16.6 Å². The van der Waals surface area contributed by atoms with E-state index >= 15 is 0 Å². The second-order valence-electron chi connectivity index (χ2n) is 5.27. The third kappa shape index (κ3) is 3.76. The fraction of sp³-hybridized carbons (Fsp3) is 0.222. The molecule has 0 aliphatic heterocycles. The standard InChI is InChI=1S/C18H19N3O2/c1-2-23-16-5-6-17-14(9-16)8-15(18(22)21-17)12-20-11-13-4-3-7-19-10-13/h3-10,20H,2,11-12H2,1H3,(H,21,22). The first-order valence-corrected chi connectivity index (χ1v) is 7.64. The van der Waals surface area contributed by atoms with Crippen LogP contribution in [0.25, 0.3) is 10.9 Å². The Balaban J connectivity index is 1.77. The van der Waals surface area contributed by atoms with Crippen molar-refractivity contribution in [2.75, 3.05) is 6.61 Å². The number of benzene rings is 1. The SMILES string of the molecule is CCOc1ccc2[nH]c(=O)c(CNCc3cccnc3)cc2c1. The van der Waals surface area contributed by atoms with Crippen molar-refractivity contribution in [3.63, 3.8) is 0 Å². The van der Waals surface area contributed by atoms with Gasteiger partial charge in [-0.05, 0) is 42.8 Å². The van der Waals surface area contributed by atoms with Gasteiger partial charge in [0.15, 0.2) is 0 Å². The molecule has 0 saturated carbocycles. The van der Waals surface area contributed by atoms with Gasteiger partial charge in [0.2, 0.25) is 0 Å². The van der Waals surface area contributed by atoms with Crippen LogP contribution in [0.4, 0.5) is 0 Å². The van der Waals surface area contributed by atoms with E-state index in [0.29, 0.717) is 25.3 Å². The van der Waals surface area contributed by atoms with Crippen LogP contribution in [0, 0.1) is 0 Å². The van der Waals surface area contributed by atoms with Gasteiger partial charge < -0.3 is 15.0 Å². The van der Waals surface area contributed by atoms with E-state index in [4.69, 9.17) is 4.74 Å². The van der Waals surface area contributed by atoms with E-state index in [1.165, 1.54) is 0 Å². The molecule has 23 heavy (non-hydrogen) atoms. The molecule has 0 aliphatic carbocycles. The summed E-state index contributed by atoms with van der Waals surface area (Å²) in [5, 5.41) is 4.24. The summed E-state index contributed by atoms with van der Waals surface area (Å²) in [6.45, 7) is 3.74. The average molecular weight is 309 g/mol. The van der Waals surface area contributed by atoms with Crippen LogP contribution in [-0.2, 0) is 13.1 Å². The molecule has 2 heterocycles. The van der Waals surface area contributed by atoms with Gasteiger partial charge in [-0.15, -0.1) is 0 Å². The van der Waals surface area contributed by atoms with Crippen LogP contribution in [0.3, 0.4) is 0 Å². The van der Waals surface area contributed by atoms with Gasteiger partial charge in [-0.3, -0.25) is 9.78 Å². The van der Waals surface area contributed by atoms with Gasteiger partial charge in [-0.25, -0.2) is 0 Å². The lowest BCUT2D eigenvalue weighted by atomic mass is 10.1. The van der Waals surface area contributed by atoms with Gasteiger partial charge in [0, 0.05) is 41.9 Å². The van der Waals surface area contributed by atoms with E-state index in [1.54, 1.807) is 6.20 Å². The monoisotopic (exact) mass is 309 g/mol. The van der Waals surface area contributed by atoms with Crippen molar-refractivity contribution >= 4 is 10.9 Å². The maximum Gasteiger partial charge on any atom is 0.252 e. The van der Waals surface area contributed by atoms with E-state index in [9.17, 15) is 4.79 Å². The van der Waals surface area contributed by atoms with Gasteiger partial charge in [0.05, 0.1) is 6.61 Å². The number of pyridine rings is 2. The third-order valence-corrected chi connectivity index (χ3v) is 3.57. The Bertz CT molecular complexity index is 844. The molecule has 5 heteroatoms. The highest BCUT2D eigenvalue weighted by Gasteiger charge is 2.04. The third-order valence-electron chi connectivity index (χ3n) is 3.57. The van der Waals surface area contributed by atoms with E-state index in [0.717, 1.165) is 22.2 Å². The van der Waals surface area contributed by atoms with Crippen LogP contribution in [0.15, 0.2) is 53.6 Å². The molecule has 0 unspecified atom stereocenters. The molecule has 1 aromatic carbocycles. The first kappa shape index (κ1) is 15.2. The second kappa shape index (κ2) is 7.07. The second-order valence-corrected chi connectivity index (χ2v) is 5.27. The van der Waals surface area contributed by atoms with Crippen LogP contribution in [0.2, 0.25) is 0 Å². The Kier molecular flexibility index (Phi) is 4.68. The lowest BCUT2D eigenvalue weighted by Gasteiger charge is -2.08. The Morgan fingerprint density at radius 3 is 2.91 bits per heavy atom. The van der Waals surface area contributed by atoms with E-state index in [1.807, 2.05) is 49.5 Å². The molecule has 0 saturated heterocycles. The molecular formula is C18H19N3O2. The molecule has 0 spiro atoms. The van der Waals surface area contributed by atoms with E-state index < -0.39 is 0 Å². The topological polar surface area (TPSA) is 67.0 Å². The fourth-order valence-electron chi connectivity index (χ4n) is 2.46. The summed E-state index contributed by atoms with van der Waals surface area (Å²) in [5.41, 5.74) is 2.54. The van der Waals surface area contributed by atoms with Crippen LogP contribution in [0.1, 0.15) is 18.1 Å². The molecular weight excluding hydrogens is 290 g/mol. The van der Waals surface area contributed by atoms with Gasteiger partial charge in [-0.2, -0.15) is 0 Å². The molecule has 5 nitrogen and oxygen atoms in total. The number of hydrogen-bond acceptors (Lipinski definition) is 4. The number of nitrogens with one attached hydrogen (secondary N) is 2. The van der Waals surface area contributed by atoms with Crippen LogP contribution in [0.5, 0.6) is 5.75 Å². The molecule has 2 aromatic heterocycles. The lowest BCUT2D eigenvalue weighted by molar-refractivity contribution is 0.340. The summed E-state index contributed by atoms with van der Waals surface area (Å²) in [7, 11) is 0.